The maximum Gasteiger partial charge on any atom is 0.281 e. The molecule has 1 unspecified atom stereocenters. The van der Waals surface area contributed by atoms with Gasteiger partial charge >= 0.3 is 0 Å². The molecule has 0 aliphatic carbocycles. The number of ether oxygens (including phenoxy) is 1. The molecular formula is C21H16ClFN2O3. The minimum atomic E-state index is -0.523. The van der Waals surface area contributed by atoms with Gasteiger partial charge in [-0.3, -0.25) is 4.79 Å². The number of carbonyl (C=O) groups is 1. The number of benzene rings is 2. The molecule has 5 nitrogen and oxygen atoms in total. The molecule has 2 heterocycles. The largest absolute Gasteiger partial charge is 0.481 e. The van der Waals surface area contributed by atoms with E-state index in [1.165, 1.54) is 17.1 Å². The van der Waals surface area contributed by atoms with Gasteiger partial charge in [-0.1, -0.05) is 35.9 Å². The number of halogens is 2. The SMILES string of the molecule is O=C(COc1ccccc1F)N1N=C(c2ccc(Cl)cc2)CC1c1ccco1. The first kappa shape index (κ1) is 18.3. The number of furan rings is 1. The molecule has 2 aromatic carbocycles. The number of rotatable bonds is 5. The number of nitrogens with zero attached hydrogens (tertiary/aromatic N) is 2. The molecule has 1 amide bonds. The van der Waals surface area contributed by atoms with Crippen molar-refractivity contribution in [1.29, 1.82) is 0 Å². The zero-order valence-electron chi connectivity index (χ0n) is 14.7. The topological polar surface area (TPSA) is 55.0 Å². The van der Waals surface area contributed by atoms with Crippen molar-refractivity contribution in [3.8, 4) is 5.75 Å². The highest BCUT2D eigenvalue weighted by molar-refractivity contribution is 6.30. The van der Waals surface area contributed by atoms with Gasteiger partial charge in [-0.15, -0.1) is 0 Å². The lowest BCUT2D eigenvalue weighted by Crippen LogP contribution is -2.31. The van der Waals surface area contributed by atoms with Gasteiger partial charge in [-0.25, -0.2) is 9.40 Å². The molecule has 3 aromatic rings. The Labute approximate surface area is 166 Å². The Balaban J connectivity index is 1.56. The van der Waals surface area contributed by atoms with E-state index in [9.17, 15) is 9.18 Å². The van der Waals surface area contributed by atoms with Crippen LogP contribution < -0.4 is 4.74 Å². The molecule has 0 N–H and O–H groups in total. The van der Waals surface area contributed by atoms with Gasteiger partial charge in [0.05, 0.1) is 12.0 Å². The average molecular weight is 399 g/mol. The Morgan fingerprint density at radius 1 is 1.18 bits per heavy atom. The van der Waals surface area contributed by atoms with E-state index in [0.29, 0.717) is 17.2 Å². The minimum Gasteiger partial charge on any atom is -0.481 e. The second-order valence-electron chi connectivity index (χ2n) is 6.25. The van der Waals surface area contributed by atoms with Crippen LogP contribution >= 0.6 is 11.6 Å². The molecule has 0 radical (unpaired) electrons. The van der Waals surface area contributed by atoms with Crippen molar-refractivity contribution in [2.45, 2.75) is 12.5 Å². The third-order valence-electron chi connectivity index (χ3n) is 4.40. The third-order valence-corrected chi connectivity index (χ3v) is 4.65. The van der Waals surface area contributed by atoms with Gasteiger partial charge in [-0.05, 0) is 42.0 Å². The fourth-order valence-electron chi connectivity index (χ4n) is 3.03. The Morgan fingerprint density at radius 2 is 1.96 bits per heavy atom. The van der Waals surface area contributed by atoms with Gasteiger partial charge in [-0.2, -0.15) is 5.10 Å². The smallest absolute Gasteiger partial charge is 0.281 e. The van der Waals surface area contributed by atoms with Gasteiger partial charge in [0.2, 0.25) is 0 Å². The molecule has 1 aromatic heterocycles. The molecule has 4 rings (SSSR count). The summed E-state index contributed by atoms with van der Waals surface area (Å²) in [4.78, 5) is 12.8. The van der Waals surface area contributed by atoms with E-state index in [-0.39, 0.29) is 12.4 Å². The maximum absolute atomic E-state index is 13.7. The molecule has 142 valence electrons. The van der Waals surface area contributed by atoms with Crippen molar-refractivity contribution in [2.75, 3.05) is 6.61 Å². The lowest BCUT2D eigenvalue weighted by Gasteiger charge is -2.20. The van der Waals surface area contributed by atoms with E-state index in [2.05, 4.69) is 5.10 Å². The Morgan fingerprint density at radius 3 is 2.68 bits per heavy atom. The second kappa shape index (κ2) is 7.86. The van der Waals surface area contributed by atoms with Crippen molar-refractivity contribution in [3.63, 3.8) is 0 Å². The summed E-state index contributed by atoms with van der Waals surface area (Å²) in [6.07, 6.45) is 2.04. The first-order valence-corrected chi connectivity index (χ1v) is 9.06. The Kier molecular flexibility index (Phi) is 5.12. The summed E-state index contributed by atoms with van der Waals surface area (Å²) in [5.41, 5.74) is 1.60. The molecule has 7 heteroatoms. The highest BCUT2D eigenvalue weighted by Gasteiger charge is 2.35. The van der Waals surface area contributed by atoms with Crippen LogP contribution in [0, 0.1) is 5.82 Å². The van der Waals surface area contributed by atoms with Gasteiger partial charge < -0.3 is 9.15 Å². The van der Waals surface area contributed by atoms with Crippen LogP contribution in [0.2, 0.25) is 5.02 Å². The summed E-state index contributed by atoms with van der Waals surface area (Å²) in [5, 5.41) is 6.44. The number of hydrogen-bond donors (Lipinski definition) is 0. The van der Waals surface area contributed by atoms with Crippen LogP contribution in [0.25, 0.3) is 0 Å². The van der Waals surface area contributed by atoms with Gasteiger partial charge in [0.25, 0.3) is 5.91 Å². The maximum atomic E-state index is 13.7. The number of hydrogen-bond acceptors (Lipinski definition) is 4. The van der Waals surface area contributed by atoms with Crippen LogP contribution in [0.4, 0.5) is 4.39 Å². The molecule has 0 bridgehead atoms. The summed E-state index contributed by atoms with van der Waals surface area (Å²) in [6, 6.07) is 16.3. The summed E-state index contributed by atoms with van der Waals surface area (Å²) < 4.78 is 24.6. The molecule has 0 fully saturated rings. The molecule has 0 saturated carbocycles. The van der Waals surface area contributed by atoms with Crippen LogP contribution in [-0.4, -0.2) is 23.2 Å². The van der Waals surface area contributed by atoms with E-state index in [1.54, 1.807) is 42.7 Å². The Hall–Kier alpha value is -3.12. The molecule has 1 aliphatic rings. The number of amides is 1. The second-order valence-corrected chi connectivity index (χ2v) is 6.68. The molecule has 1 aliphatic heterocycles. The summed E-state index contributed by atoms with van der Waals surface area (Å²) in [6.45, 7) is -0.338. The average Bonchev–Trinajstić information content (AvgIpc) is 3.37. The summed E-state index contributed by atoms with van der Waals surface area (Å²) in [7, 11) is 0. The summed E-state index contributed by atoms with van der Waals surface area (Å²) in [5.74, 6) is -0.281. The van der Waals surface area contributed by atoms with E-state index in [0.717, 1.165) is 11.3 Å². The zero-order chi connectivity index (χ0) is 19.5. The van der Waals surface area contributed by atoms with Crippen molar-refractivity contribution >= 4 is 23.2 Å². The van der Waals surface area contributed by atoms with Crippen molar-refractivity contribution in [2.24, 2.45) is 5.10 Å². The Bertz CT molecular complexity index is 1000. The summed E-state index contributed by atoms with van der Waals surface area (Å²) >= 11 is 5.95. The molecular weight excluding hydrogens is 383 g/mol. The van der Waals surface area contributed by atoms with E-state index >= 15 is 0 Å². The van der Waals surface area contributed by atoms with Gasteiger partial charge in [0.15, 0.2) is 18.2 Å². The first-order chi connectivity index (χ1) is 13.6. The monoisotopic (exact) mass is 398 g/mol. The van der Waals surface area contributed by atoms with Crippen molar-refractivity contribution in [1.82, 2.24) is 5.01 Å². The van der Waals surface area contributed by atoms with Crippen LogP contribution in [0.15, 0.2) is 76.4 Å². The van der Waals surface area contributed by atoms with Crippen LogP contribution in [-0.2, 0) is 4.79 Å². The predicted molar refractivity (Wildman–Crippen MR) is 103 cm³/mol. The zero-order valence-corrected chi connectivity index (χ0v) is 15.5. The van der Waals surface area contributed by atoms with Crippen LogP contribution in [0.3, 0.4) is 0 Å². The van der Waals surface area contributed by atoms with Crippen LogP contribution in [0.1, 0.15) is 23.8 Å². The lowest BCUT2D eigenvalue weighted by molar-refractivity contribution is -0.135. The highest BCUT2D eigenvalue weighted by atomic mass is 35.5. The number of hydrazone groups is 1. The first-order valence-electron chi connectivity index (χ1n) is 8.68. The van der Waals surface area contributed by atoms with Gasteiger partial charge in [0, 0.05) is 11.4 Å². The van der Waals surface area contributed by atoms with E-state index in [1.807, 2.05) is 12.1 Å². The lowest BCUT2D eigenvalue weighted by atomic mass is 10.0. The van der Waals surface area contributed by atoms with Crippen molar-refractivity contribution < 1.29 is 18.3 Å². The van der Waals surface area contributed by atoms with E-state index < -0.39 is 17.8 Å². The molecule has 0 spiro atoms. The standard InChI is InChI=1S/C21H16ClFN2O3/c22-15-9-7-14(8-10-15)17-12-18(20-6-3-11-27-20)25(24-17)21(26)13-28-19-5-2-1-4-16(19)23/h1-11,18H,12-13H2. The number of carbonyl (C=O) groups excluding carboxylic acids is 1. The normalized spacial score (nSPS) is 16.1. The predicted octanol–water partition coefficient (Wildman–Crippen LogP) is 4.83. The molecule has 0 saturated heterocycles. The minimum absolute atomic E-state index is 0.0199. The van der Waals surface area contributed by atoms with Gasteiger partial charge in [0.1, 0.15) is 11.8 Å². The fourth-order valence-corrected chi connectivity index (χ4v) is 3.15. The van der Waals surface area contributed by atoms with Crippen LogP contribution in [0.5, 0.6) is 5.75 Å². The number of para-hydroxylation sites is 1. The molecule has 28 heavy (non-hydrogen) atoms. The van der Waals surface area contributed by atoms with E-state index in [4.69, 9.17) is 20.8 Å². The highest BCUT2D eigenvalue weighted by Crippen LogP contribution is 2.33. The third kappa shape index (κ3) is 3.77. The fraction of sp³-hybridized carbons (Fsp3) is 0.143. The molecule has 1 atom stereocenters. The quantitative estimate of drug-likeness (QED) is 0.618. The van der Waals surface area contributed by atoms with Crippen molar-refractivity contribution in [3.05, 3.63) is 89.1 Å².